The number of hydrogen-bond donors (Lipinski definition) is 1. The first-order valence-electron chi connectivity index (χ1n) is 6.74. The Kier molecular flexibility index (Phi) is 2.96. The summed E-state index contributed by atoms with van der Waals surface area (Å²) in [5, 5.41) is 3.45. The molecule has 3 rings (SSSR count). The normalized spacial score (nSPS) is 21.0. The molecule has 1 fully saturated rings. The maximum absolute atomic E-state index is 3.45. The molecule has 1 aliphatic heterocycles. The molecule has 1 saturated heterocycles. The maximum atomic E-state index is 3.45. The zero-order valence-corrected chi connectivity index (χ0v) is 9.97. The molecule has 0 amide bonds. The number of aryl methyl sites for hydroxylation is 1. The monoisotopic (exact) mass is 215 g/mol. The van der Waals surface area contributed by atoms with Gasteiger partial charge in [0.25, 0.3) is 0 Å². The van der Waals surface area contributed by atoms with Crippen molar-refractivity contribution in [2.45, 2.75) is 38.5 Å². The van der Waals surface area contributed by atoms with Gasteiger partial charge in [0.05, 0.1) is 0 Å². The second kappa shape index (κ2) is 4.58. The summed E-state index contributed by atoms with van der Waals surface area (Å²) in [5.41, 5.74) is 4.98. The topological polar surface area (TPSA) is 12.0 Å². The van der Waals surface area contributed by atoms with Crippen LogP contribution in [0.3, 0.4) is 0 Å². The third-order valence-corrected chi connectivity index (χ3v) is 4.21. The van der Waals surface area contributed by atoms with Crippen LogP contribution >= 0.6 is 0 Å². The minimum absolute atomic E-state index is 0.924. The van der Waals surface area contributed by atoms with Crippen LogP contribution in [0.1, 0.15) is 36.0 Å². The highest BCUT2D eigenvalue weighted by Gasteiger charge is 2.18. The molecular weight excluding hydrogens is 194 g/mol. The quantitative estimate of drug-likeness (QED) is 0.800. The smallest absolute Gasteiger partial charge is 0.00462 e. The van der Waals surface area contributed by atoms with Gasteiger partial charge in [-0.1, -0.05) is 18.2 Å². The predicted molar refractivity (Wildman–Crippen MR) is 67.8 cm³/mol. The maximum Gasteiger partial charge on any atom is -0.00462 e. The lowest BCUT2D eigenvalue weighted by molar-refractivity contribution is 0.372. The SMILES string of the molecule is c1cc2c(c(CC3CCNCC3)c1)CCC2. The number of nitrogens with one attached hydrogen (secondary N) is 1. The Morgan fingerprint density at radius 3 is 2.88 bits per heavy atom. The van der Waals surface area contributed by atoms with E-state index in [1.807, 2.05) is 0 Å². The van der Waals surface area contributed by atoms with Crippen molar-refractivity contribution in [3.8, 4) is 0 Å². The molecule has 2 aliphatic rings. The van der Waals surface area contributed by atoms with E-state index in [2.05, 4.69) is 23.5 Å². The first-order valence-corrected chi connectivity index (χ1v) is 6.74. The Balaban J connectivity index is 1.76. The highest BCUT2D eigenvalue weighted by atomic mass is 14.9. The van der Waals surface area contributed by atoms with E-state index in [1.165, 1.54) is 51.6 Å². The zero-order valence-electron chi connectivity index (χ0n) is 9.97. The van der Waals surface area contributed by atoms with E-state index in [9.17, 15) is 0 Å². The summed E-state index contributed by atoms with van der Waals surface area (Å²) in [6.07, 6.45) is 8.07. The number of piperidine rings is 1. The van der Waals surface area contributed by atoms with Gasteiger partial charge >= 0.3 is 0 Å². The van der Waals surface area contributed by atoms with Gasteiger partial charge in [0.15, 0.2) is 0 Å². The summed E-state index contributed by atoms with van der Waals surface area (Å²) in [4.78, 5) is 0. The highest BCUT2D eigenvalue weighted by Crippen LogP contribution is 2.28. The van der Waals surface area contributed by atoms with Gasteiger partial charge in [-0.05, 0) is 74.2 Å². The summed E-state index contributed by atoms with van der Waals surface area (Å²) in [5.74, 6) is 0.924. The van der Waals surface area contributed by atoms with Crippen LogP contribution in [0.15, 0.2) is 18.2 Å². The zero-order chi connectivity index (χ0) is 10.8. The van der Waals surface area contributed by atoms with E-state index in [4.69, 9.17) is 0 Å². The second-order valence-electron chi connectivity index (χ2n) is 5.31. The van der Waals surface area contributed by atoms with Gasteiger partial charge in [0, 0.05) is 0 Å². The molecule has 0 unspecified atom stereocenters. The number of fused-ring (bicyclic) bond motifs is 1. The Morgan fingerprint density at radius 1 is 1.12 bits per heavy atom. The molecule has 1 nitrogen and oxygen atoms in total. The van der Waals surface area contributed by atoms with Crippen molar-refractivity contribution in [2.75, 3.05) is 13.1 Å². The molecule has 0 spiro atoms. The fraction of sp³-hybridized carbons (Fsp3) is 0.600. The average molecular weight is 215 g/mol. The van der Waals surface area contributed by atoms with Crippen molar-refractivity contribution in [1.29, 1.82) is 0 Å². The van der Waals surface area contributed by atoms with Crippen molar-refractivity contribution in [1.82, 2.24) is 5.32 Å². The van der Waals surface area contributed by atoms with Crippen molar-refractivity contribution in [3.63, 3.8) is 0 Å². The Labute approximate surface area is 98.3 Å². The molecule has 0 bridgehead atoms. The van der Waals surface area contributed by atoms with Crippen molar-refractivity contribution >= 4 is 0 Å². The molecule has 0 aromatic heterocycles. The van der Waals surface area contributed by atoms with Crippen molar-refractivity contribution < 1.29 is 0 Å². The Hall–Kier alpha value is -0.820. The molecule has 1 heteroatoms. The predicted octanol–water partition coefficient (Wildman–Crippen LogP) is 2.72. The molecule has 0 radical (unpaired) electrons. The van der Waals surface area contributed by atoms with Crippen LogP contribution in [-0.2, 0) is 19.3 Å². The van der Waals surface area contributed by atoms with Crippen LogP contribution < -0.4 is 5.32 Å². The van der Waals surface area contributed by atoms with Crippen LogP contribution in [0, 0.1) is 5.92 Å². The van der Waals surface area contributed by atoms with Crippen LogP contribution in [0.5, 0.6) is 0 Å². The fourth-order valence-corrected chi connectivity index (χ4v) is 3.29. The summed E-state index contributed by atoms with van der Waals surface area (Å²) in [7, 11) is 0. The molecule has 0 atom stereocenters. The van der Waals surface area contributed by atoms with E-state index < -0.39 is 0 Å². The fourth-order valence-electron chi connectivity index (χ4n) is 3.29. The van der Waals surface area contributed by atoms with Crippen LogP contribution in [0.25, 0.3) is 0 Å². The molecule has 16 heavy (non-hydrogen) atoms. The largest absolute Gasteiger partial charge is 0.317 e. The lowest BCUT2D eigenvalue weighted by atomic mass is 9.88. The van der Waals surface area contributed by atoms with Gasteiger partial charge in [-0.3, -0.25) is 0 Å². The first kappa shape index (κ1) is 10.3. The van der Waals surface area contributed by atoms with Gasteiger partial charge in [-0.2, -0.15) is 0 Å². The number of benzene rings is 1. The first-order chi connectivity index (χ1) is 7.93. The standard InChI is InChI=1S/C15H21N/c1-3-13-4-2-6-15(13)14(5-1)11-12-7-9-16-10-8-12/h1,3,5,12,16H,2,4,6-11H2. The molecule has 1 aromatic carbocycles. The lowest BCUT2D eigenvalue weighted by Gasteiger charge is -2.23. The van der Waals surface area contributed by atoms with Gasteiger partial charge in [0.1, 0.15) is 0 Å². The summed E-state index contributed by atoms with van der Waals surface area (Å²) >= 11 is 0. The molecule has 1 heterocycles. The van der Waals surface area contributed by atoms with Gasteiger partial charge in [-0.15, -0.1) is 0 Å². The Bertz CT molecular complexity index is 364. The van der Waals surface area contributed by atoms with Crippen LogP contribution in [0.4, 0.5) is 0 Å². The third kappa shape index (κ3) is 2.01. The van der Waals surface area contributed by atoms with Gasteiger partial charge in [-0.25, -0.2) is 0 Å². The van der Waals surface area contributed by atoms with E-state index in [0.717, 1.165) is 5.92 Å². The van der Waals surface area contributed by atoms with Crippen LogP contribution in [0.2, 0.25) is 0 Å². The molecular formula is C15H21N. The van der Waals surface area contributed by atoms with Gasteiger partial charge in [0.2, 0.25) is 0 Å². The lowest BCUT2D eigenvalue weighted by Crippen LogP contribution is -2.28. The minimum Gasteiger partial charge on any atom is -0.317 e. The van der Waals surface area contributed by atoms with Crippen molar-refractivity contribution in [2.24, 2.45) is 5.92 Å². The second-order valence-corrected chi connectivity index (χ2v) is 5.31. The number of hydrogen-bond acceptors (Lipinski definition) is 1. The van der Waals surface area contributed by atoms with Crippen LogP contribution in [-0.4, -0.2) is 13.1 Å². The molecule has 86 valence electrons. The Morgan fingerprint density at radius 2 is 2.00 bits per heavy atom. The van der Waals surface area contributed by atoms with Crippen molar-refractivity contribution in [3.05, 3.63) is 34.9 Å². The molecule has 0 saturated carbocycles. The average Bonchev–Trinajstić information content (AvgIpc) is 2.80. The number of rotatable bonds is 2. The van der Waals surface area contributed by atoms with Gasteiger partial charge < -0.3 is 5.32 Å². The molecule has 1 aliphatic carbocycles. The summed E-state index contributed by atoms with van der Waals surface area (Å²) in [6, 6.07) is 6.96. The summed E-state index contributed by atoms with van der Waals surface area (Å²) in [6.45, 7) is 2.44. The van der Waals surface area contributed by atoms with E-state index in [1.54, 1.807) is 16.7 Å². The van der Waals surface area contributed by atoms with E-state index in [-0.39, 0.29) is 0 Å². The van der Waals surface area contributed by atoms with E-state index in [0.29, 0.717) is 0 Å². The minimum atomic E-state index is 0.924. The summed E-state index contributed by atoms with van der Waals surface area (Å²) < 4.78 is 0. The molecule has 1 N–H and O–H groups in total. The molecule has 1 aromatic rings. The van der Waals surface area contributed by atoms with E-state index >= 15 is 0 Å². The third-order valence-electron chi connectivity index (χ3n) is 4.21. The highest BCUT2D eigenvalue weighted by molar-refractivity contribution is 5.38.